The number of fused-ring (bicyclic) bond motifs is 1. The molecule has 1 amide bonds. The van der Waals surface area contributed by atoms with Crippen LogP contribution in [0.5, 0.6) is 0 Å². The standard InChI is InChI=1S/C20H20N4O3S/c1-24-12-11-21-20(24)19(14-5-3-2-4-6-14)23-28(26,27)16-8-9-17-15(13-16)7-10-18(25)22-17/h2-6,8-9,11-13,19,23H,7,10H2,1H3,(H,22,25). The fraction of sp³-hybridized carbons (Fsp3) is 0.200. The molecule has 1 atom stereocenters. The summed E-state index contributed by atoms with van der Waals surface area (Å²) < 4.78 is 30.9. The van der Waals surface area contributed by atoms with Crippen LogP contribution in [0.1, 0.15) is 29.4 Å². The molecule has 0 fully saturated rings. The second kappa shape index (κ2) is 7.21. The molecule has 0 saturated carbocycles. The van der Waals surface area contributed by atoms with Gasteiger partial charge in [0.25, 0.3) is 0 Å². The smallest absolute Gasteiger partial charge is 0.241 e. The van der Waals surface area contributed by atoms with Gasteiger partial charge in [-0.15, -0.1) is 0 Å². The molecule has 144 valence electrons. The number of hydrogen-bond donors (Lipinski definition) is 2. The van der Waals surface area contributed by atoms with E-state index in [1.54, 1.807) is 29.1 Å². The molecule has 1 aliphatic heterocycles. The maximum Gasteiger partial charge on any atom is 0.241 e. The molecule has 28 heavy (non-hydrogen) atoms. The number of rotatable bonds is 5. The van der Waals surface area contributed by atoms with Crippen molar-refractivity contribution in [1.29, 1.82) is 0 Å². The summed E-state index contributed by atoms with van der Waals surface area (Å²) in [5, 5.41) is 2.77. The molecule has 3 aromatic rings. The van der Waals surface area contributed by atoms with Gasteiger partial charge in [0.05, 0.1) is 4.90 Å². The molecule has 4 rings (SSSR count). The van der Waals surface area contributed by atoms with Crippen LogP contribution in [0.3, 0.4) is 0 Å². The summed E-state index contributed by atoms with van der Waals surface area (Å²) in [7, 11) is -1.99. The third kappa shape index (κ3) is 3.56. The number of carbonyl (C=O) groups is 1. The van der Waals surface area contributed by atoms with Gasteiger partial charge in [-0.25, -0.2) is 13.4 Å². The second-order valence-electron chi connectivity index (χ2n) is 6.73. The zero-order valence-corrected chi connectivity index (χ0v) is 16.1. The Balaban J connectivity index is 1.70. The van der Waals surface area contributed by atoms with Crippen LogP contribution in [0.4, 0.5) is 5.69 Å². The van der Waals surface area contributed by atoms with Crippen LogP contribution >= 0.6 is 0 Å². The van der Waals surface area contributed by atoms with E-state index in [9.17, 15) is 13.2 Å². The van der Waals surface area contributed by atoms with Gasteiger partial charge in [-0.2, -0.15) is 4.72 Å². The Morgan fingerprint density at radius 2 is 1.93 bits per heavy atom. The average Bonchev–Trinajstić information content (AvgIpc) is 3.12. The van der Waals surface area contributed by atoms with Gasteiger partial charge < -0.3 is 9.88 Å². The predicted molar refractivity (Wildman–Crippen MR) is 105 cm³/mol. The molecular weight excluding hydrogens is 376 g/mol. The van der Waals surface area contributed by atoms with Gasteiger partial charge in [-0.3, -0.25) is 4.79 Å². The molecule has 7 nitrogen and oxygen atoms in total. The minimum atomic E-state index is -3.81. The SMILES string of the molecule is Cn1ccnc1C(NS(=O)(=O)c1ccc2c(c1)CCC(=O)N2)c1ccccc1. The van der Waals surface area contributed by atoms with Crippen LogP contribution < -0.4 is 10.0 Å². The third-order valence-electron chi connectivity index (χ3n) is 4.81. The Hall–Kier alpha value is -2.97. The Morgan fingerprint density at radius 3 is 2.64 bits per heavy atom. The van der Waals surface area contributed by atoms with Crippen molar-refractivity contribution in [2.24, 2.45) is 7.05 Å². The minimum Gasteiger partial charge on any atom is -0.336 e. The Morgan fingerprint density at radius 1 is 1.14 bits per heavy atom. The highest BCUT2D eigenvalue weighted by atomic mass is 32.2. The number of aromatic nitrogens is 2. The molecular formula is C20H20N4O3S. The Labute approximate surface area is 163 Å². The lowest BCUT2D eigenvalue weighted by Gasteiger charge is -2.21. The van der Waals surface area contributed by atoms with Crippen LogP contribution in [0.15, 0.2) is 65.8 Å². The molecule has 1 aromatic heterocycles. The van der Waals surface area contributed by atoms with Crippen molar-refractivity contribution in [2.45, 2.75) is 23.8 Å². The zero-order chi connectivity index (χ0) is 19.7. The second-order valence-corrected chi connectivity index (χ2v) is 8.44. The molecule has 8 heteroatoms. The maximum atomic E-state index is 13.1. The van der Waals surface area contributed by atoms with Crippen molar-refractivity contribution >= 4 is 21.6 Å². The van der Waals surface area contributed by atoms with Gasteiger partial charge >= 0.3 is 0 Å². The van der Waals surface area contributed by atoms with Crippen LogP contribution in [-0.4, -0.2) is 23.9 Å². The maximum absolute atomic E-state index is 13.1. The zero-order valence-electron chi connectivity index (χ0n) is 15.3. The van der Waals surface area contributed by atoms with E-state index in [1.165, 1.54) is 6.07 Å². The van der Waals surface area contributed by atoms with E-state index in [0.29, 0.717) is 24.4 Å². The highest BCUT2D eigenvalue weighted by Crippen LogP contribution is 2.27. The minimum absolute atomic E-state index is 0.0554. The normalized spacial score (nSPS) is 15.0. The molecule has 0 spiro atoms. The molecule has 0 saturated heterocycles. The lowest BCUT2D eigenvalue weighted by molar-refractivity contribution is -0.116. The number of hydrogen-bond acceptors (Lipinski definition) is 4. The monoisotopic (exact) mass is 396 g/mol. The van der Waals surface area contributed by atoms with E-state index in [1.807, 2.05) is 37.4 Å². The number of carbonyl (C=O) groups excluding carboxylic acids is 1. The summed E-state index contributed by atoms with van der Waals surface area (Å²) in [5.74, 6) is 0.542. The van der Waals surface area contributed by atoms with Crippen LogP contribution in [0.25, 0.3) is 0 Å². The fourth-order valence-corrected chi connectivity index (χ4v) is 4.55. The summed E-state index contributed by atoms with van der Waals surface area (Å²) >= 11 is 0. The fourth-order valence-electron chi connectivity index (χ4n) is 3.32. The summed E-state index contributed by atoms with van der Waals surface area (Å²) in [4.78, 5) is 16.0. The van der Waals surface area contributed by atoms with E-state index in [-0.39, 0.29) is 10.8 Å². The number of sulfonamides is 1. The summed E-state index contributed by atoms with van der Waals surface area (Å²) in [5.41, 5.74) is 2.28. The van der Waals surface area contributed by atoms with E-state index in [0.717, 1.165) is 11.1 Å². The summed E-state index contributed by atoms with van der Waals surface area (Å²) in [6.45, 7) is 0. The highest BCUT2D eigenvalue weighted by molar-refractivity contribution is 7.89. The molecule has 0 radical (unpaired) electrons. The number of nitrogens with zero attached hydrogens (tertiary/aromatic N) is 2. The van der Waals surface area contributed by atoms with Crippen LogP contribution in [0, 0.1) is 0 Å². The molecule has 2 N–H and O–H groups in total. The average molecular weight is 396 g/mol. The van der Waals surface area contributed by atoms with E-state index < -0.39 is 16.1 Å². The van der Waals surface area contributed by atoms with E-state index >= 15 is 0 Å². The van der Waals surface area contributed by atoms with Crippen LogP contribution in [0.2, 0.25) is 0 Å². The number of anilines is 1. The van der Waals surface area contributed by atoms with Crippen LogP contribution in [-0.2, 0) is 28.3 Å². The lowest BCUT2D eigenvalue weighted by atomic mass is 10.0. The quantitative estimate of drug-likeness (QED) is 0.692. The van der Waals surface area contributed by atoms with Crippen molar-refractivity contribution in [3.8, 4) is 0 Å². The number of imidazole rings is 1. The van der Waals surface area contributed by atoms with Crippen molar-refractivity contribution in [2.75, 3.05) is 5.32 Å². The predicted octanol–water partition coefficient (Wildman–Crippen LogP) is 2.37. The number of nitrogens with one attached hydrogen (secondary N) is 2. The largest absolute Gasteiger partial charge is 0.336 e. The van der Waals surface area contributed by atoms with Gasteiger partial charge in [0.1, 0.15) is 11.9 Å². The third-order valence-corrected chi connectivity index (χ3v) is 6.23. The first kappa shape index (κ1) is 18.4. The summed E-state index contributed by atoms with van der Waals surface area (Å²) in [6, 6.07) is 13.5. The number of aryl methyl sites for hydroxylation is 2. The van der Waals surface area contributed by atoms with Crippen molar-refractivity contribution < 1.29 is 13.2 Å². The van der Waals surface area contributed by atoms with Crippen molar-refractivity contribution in [3.05, 3.63) is 77.9 Å². The molecule has 2 aromatic carbocycles. The van der Waals surface area contributed by atoms with Gasteiger partial charge in [-0.1, -0.05) is 30.3 Å². The first-order valence-corrected chi connectivity index (χ1v) is 10.4. The first-order chi connectivity index (χ1) is 13.4. The van der Waals surface area contributed by atoms with E-state index in [4.69, 9.17) is 0 Å². The first-order valence-electron chi connectivity index (χ1n) is 8.91. The topological polar surface area (TPSA) is 93.1 Å². The van der Waals surface area contributed by atoms with E-state index in [2.05, 4.69) is 15.0 Å². The molecule has 0 aliphatic carbocycles. The lowest BCUT2D eigenvalue weighted by Crippen LogP contribution is -2.31. The molecule has 1 aliphatic rings. The number of amides is 1. The summed E-state index contributed by atoms with van der Waals surface area (Å²) in [6.07, 6.45) is 4.29. The molecule has 2 heterocycles. The Bertz CT molecular complexity index is 1120. The number of benzene rings is 2. The van der Waals surface area contributed by atoms with Crippen molar-refractivity contribution in [1.82, 2.24) is 14.3 Å². The highest BCUT2D eigenvalue weighted by Gasteiger charge is 2.27. The van der Waals surface area contributed by atoms with Gasteiger partial charge in [0.2, 0.25) is 15.9 Å². The van der Waals surface area contributed by atoms with Gasteiger partial charge in [0.15, 0.2) is 0 Å². The van der Waals surface area contributed by atoms with Gasteiger partial charge in [0, 0.05) is 31.5 Å². The van der Waals surface area contributed by atoms with Crippen molar-refractivity contribution in [3.63, 3.8) is 0 Å². The molecule has 0 bridgehead atoms. The van der Waals surface area contributed by atoms with Gasteiger partial charge in [-0.05, 0) is 35.7 Å². The molecule has 1 unspecified atom stereocenters. The Kier molecular flexibility index (Phi) is 4.74.